The average molecular weight is 261 g/mol. The van der Waals surface area contributed by atoms with Crippen LogP contribution in [-0.2, 0) is 6.18 Å². The van der Waals surface area contributed by atoms with Crippen molar-refractivity contribution in [2.24, 2.45) is 0 Å². The van der Waals surface area contributed by atoms with Crippen molar-refractivity contribution in [1.29, 1.82) is 0 Å². The van der Waals surface area contributed by atoms with E-state index in [-0.39, 0.29) is 16.8 Å². The fraction of sp³-hybridized carbons (Fsp3) is 0.455. The number of nitrogens with one attached hydrogen (secondary N) is 1. The Morgan fingerprint density at radius 3 is 2.39 bits per heavy atom. The lowest BCUT2D eigenvalue weighted by Gasteiger charge is -2.09. The van der Waals surface area contributed by atoms with Crippen LogP contribution in [-0.4, -0.2) is 22.3 Å². The molecular weight excluding hydrogens is 247 g/mol. The molecule has 0 radical (unpaired) electrons. The number of aryl methyl sites for hydroxylation is 1. The van der Waals surface area contributed by atoms with Gasteiger partial charge in [0.1, 0.15) is 0 Å². The highest BCUT2D eigenvalue weighted by Gasteiger charge is 2.35. The molecule has 0 aromatic carbocycles. The third kappa shape index (κ3) is 2.39. The van der Waals surface area contributed by atoms with Gasteiger partial charge < -0.3 is 4.74 Å². The molecular formula is C11H14F3N3O. The molecule has 100 valence electrons. The zero-order valence-electron chi connectivity index (χ0n) is 10.5. The molecule has 2 aromatic heterocycles. The van der Waals surface area contributed by atoms with Crippen LogP contribution in [0.2, 0.25) is 0 Å². The number of pyridine rings is 1. The third-order valence-corrected chi connectivity index (χ3v) is 2.23. The highest BCUT2D eigenvalue weighted by molar-refractivity contribution is 5.88. The van der Waals surface area contributed by atoms with Gasteiger partial charge in [-0.15, -0.1) is 0 Å². The minimum absolute atomic E-state index is 0.000602. The number of hydrogen-bond donors (Lipinski definition) is 1. The second-order valence-corrected chi connectivity index (χ2v) is 3.25. The summed E-state index contributed by atoms with van der Waals surface area (Å²) < 4.78 is 42.9. The van der Waals surface area contributed by atoms with Crippen molar-refractivity contribution < 1.29 is 17.9 Å². The first-order chi connectivity index (χ1) is 8.45. The summed E-state index contributed by atoms with van der Waals surface area (Å²) in [5.74, 6) is 0.0762. The summed E-state index contributed by atoms with van der Waals surface area (Å²) in [5, 5.41) is 6.24. The van der Waals surface area contributed by atoms with Crippen LogP contribution in [0.25, 0.3) is 10.9 Å². The zero-order chi connectivity index (χ0) is 13.9. The number of nitrogens with zero attached hydrogens (tertiary/aromatic N) is 2. The molecule has 2 heterocycles. The normalized spacial score (nSPS) is 11.1. The van der Waals surface area contributed by atoms with Gasteiger partial charge in [-0.1, -0.05) is 13.8 Å². The largest absolute Gasteiger partial charge is 0.479 e. The lowest BCUT2D eigenvalue weighted by molar-refractivity contribution is -0.136. The zero-order valence-corrected chi connectivity index (χ0v) is 10.5. The lowest BCUT2D eigenvalue weighted by atomic mass is 10.1. The van der Waals surface area contributed by atoms with Crippen LogP contribution < -0.4 is 4.74 Å². The Morgan fingerprint density at radius 2 is 1.89 bits per heavy atom. The molecule has 0 unspecified atom stereocenters. The van der Waals surface area contributed by atoms with Gasteiger partial charge >= 0.3 is 6.18 Å². The van der Waals surface area contributed by atoms with E-state index in [0.717, 1.165) is 6.20 Å². The first-order valence-electron chi connectivity index (χ1n) is 5.40. The van der Waals surface area contributed by atoms with E-state index in [2.05, 4.69) is 15.2 Å². The van der Waals surface area contributed by atoms with Gasteiger partial charge in [0.15, 0.2) is 5.52 Å². The molecule has 0 bridgehead atoms. The van der Waals surface area contributed by atoms with Crippen LogP contribution in [0.3, 0.4) is 0 Å². The summed E-state index contributed by atoms with van der Waals surface area (Å²) in [7, 11) is 1.33. The van der Waals surface area contributed by atoms with Gasteiger partial charge in [0.2, 0.25) is 5.88 Å². The van der Waals surface area contributed by atoms with Crippen LogP contribution >= 0.6 is 0 Å². The summed E-state index contributed by atoms with van der Waals surface area (Å²) in [6.45, 7) is 5.52. The molecule has 0 aliphatic rings. The van der Waals surface area contributed by atoms with E-state index in [4.69, 9.17) is 4.74 Å². The predicted molar refractivity (Wildman–Crippen MR) is 61.5 cm³/mol. The molecule has 0 aliphatic heterocycles. The Balaban J connectivity index is 0.000000771. The smallest absolute Gasteiger partial charge is 0.418 e. The maximum Gasteiger partial charge on any atom is 0.418 e. The van der Waals surface area contributed by atoms with Crippen molar-refractivity contribution in [3.8, 4) is 5.88 Å². The van der Waals surface area contributed by atoms with Crippen molar-refractivity contribution in [3.05, 3.63) is 17.5 Å². The van der Waals surface area contributed by atoms with E-state index in [1.807, 2.05) is 13.8 Å². The Kier molecular flexibility index (Phi) is 4.15. The van der Waals surface area contributed by atoms with E-state index in [1.54, 1.807) is 0 Å². The fourth-order valence-corrected chi connectivity index (χ4v) is 1.53. The van der Waals surface area contributed by atoms with E-state index in [0.29, 0.717) is 5.69 Å². The van der Waals surface area contributed by atoms with Crippen LogP contribution in [0.4, 0.5) is 13.2 Å². The Labute approximate surface area is 102 Å². The molecule has 0 amide bonds. The Bertz CT molecular complexity index is 534. The number of halogens is 3. The van der Waals surface area contributed by atoms with Crippen molar-refractivity contribution in [1.82, 2.24) is 15.2 Å². The molecule has 4 nitrogen and oxygen atoms in total. The standard InChI is InChI=1S/C9H8F3N3O.C2H6/c1-4-6-5(9(10,11)12)3-13-8(16-2)7(6)15-14-4;1-2/h3H,1-2H3,(H,14,15);1-2H3. The molecule has 0 saturated carbocycles. The Morgan fingerprint density at radius 1 is 1.28 bits per heavy atom. The molecule has 0 spiro atoms. The number of hydrogen-bond acceptors (Lipinski definition) is 3. The van der Waals surface area contributed by atoms with Crippen molar-refractivity contribution in [2.75, 3.05) is 7.11 Å². The van der Waals surface area contributed by atoms with E-state index in [9.17, 15) is 13.2 Å². The summed E-state index contributed by atoms with van der Waals surface area (Å²) >= 11 is 0. The second-order valence-electron chi connectivity index (χ2n) is 3.25. The number of fused-ring (bicyclic) bond motifs is 1. The van der Waals surface area contributed by atoms with Crippen LogP contribution in [0.15, 0.2) is 6.20 Å². The van der Waals surface area contributed by atoms with Gasteiger partial charge in [-0.3, -0.25) is 5.10 Å². The van der Waals surface area contributed by atoms with E-state index in [1.165, 1.54) is 14.0 Å². The van der Waals surface area contributed by atoms with Crippen molar-refractivity contribution >= 4 is 10.9 Å². The van der Waals surface area contributed by atoms with Crippen molar-refractivity contribution in [3.63, 3.8) is 0 Å². The van der Waals surface area contributed by atoms with Crippen LogP contribution in [0.5, 0.6) is 5.88 Å². The molecule has 0 atom stereocenters. The first-order valence-corrected chi connectivity index (χ1v) is 5.40. The molecule has 0 saturated heterocycles. The van der Waals surface area contributed by atoms with Gasteiger partial charge in [0, 0.05) is 17.3 Å². The number of alkyl halides is 3. The van der Waals surface area contributed by atoms with Crippen LogP contribution in [0, 0.1) is 6.92 Å². The van der Waals surface area contributed by atoms with Crippen molar-refractivity contribution in [2.45, 2.75) is 26.9 Å². The molecule has 2 rings (SSSR count). The summed E-state index contributed by atoms with van der Waals surface area (Å²) in [6.07, 6.45) is -3.70. The topological polar surface area (TPSA) is 50.8 Å². The number of rotatable bonds is 1. The lowest BCUT2D eigenvalue weighted by Crippen LogP contribution is -2.07. The summed E-state index contributed by atoms with van der Waals surface area (Å²) in [6, 6.07) is 0. The van der Waals surface area contributed by atoms with E-state index < -0.39 is 11.7 Å². The maximum atomic E-state index is 12.7. The van der Waals surface area contributed by atoms with E-state index >= 15 is 0 Å². The summed E-state index contributed by atoms with van der Waals surface area (Å²) in [4.78, 5) is 3.58. The molecule has 0 fully saturated rings. The highest BCUT2D eigenvalue weighted by Crippen LogP contribution is 2.37. The molecule has 7 heteroatoms. The maximum absolute atomic E-state index is 12.7. The quantitative estimate of drug-likeness (QED) is 0.856. The van der Waals surface area contributed by atoms with Gasteiger partial charge in [0.05, 0.1) is 12.7 Å². The van der Waals surface area contributed by atoms with Gasteiger partial charge in [-0.25, -0.2) is 4.98 Å². The number of aromatic amines is 1. The van der Waals surface area contributed by atoms with Gasteiger partial charge in [-0.2, -0.15) is 18.3 Å². The summed E-state index contributed by atoms with van der Waals surface area (Å²) in [5.41, 5.74) is -0.382. The average Bonchev–Trinajstić information content (AvgIpc) is 2.72. The first kappa shape index (κ1) is 14.3. The SMILES string of the molecule is CC.COc1ncc(C(F)(F)F)c2c(C)[nH]nc12. The molecule has 2 aromatic rings. The fourth-order valence-electron chi connectivity index (χ4n) is 1.53. The molecule has 1 N–H and O–H groups in total. The third-order valence-electron chi connectivity index (χ3n) is 2.23. The number of aromatic nitrogens is 3. The van der Waals surface area contributed by atoms with Gasteiger partial charge in [0.25, 0.3) is 0 Å². The second kappa shape index (κ2) is 5.24. The molecule has 0 aliphatic carbocycles. The Hall–Kier alpha value is -1.79. The monoisotopic (exact) mass is 261 g/mol. The minimum atomic E-state index is -4.45. The predicted octanol–water partition coefficient (Wildman–Crippen LogP) is 3.32. The van der Waals surface area contributed by atoms with Crippen LogP contribution in [0.1, 0.15) is 25.1 Å². The highest BCUT2D eigenvalue weighted by atomic mass is 19.4. The number of methoxy groups -OCH3 is 1. The molecule has 18 heavy (non-hydrogen) atoms. The minimum Gasteiger partial charge on any atom is -0.479 e. The number of H-pyrrole nitrogens is 1. The number of ether oxygens (including phenoxy) is 1. The van der Waals surface area contributed by atoms with Gasteiger partial charge in [-0.05, 0) is 6.92 Å².